The molecule has 0 aliphatic carbocycles. The highest BCUT2D eigenvalue weighted by atomic mass is 35.5. The molecule has 0 fully saturated rings. The van der Waals surface area contributed by atoms with Crippen molar-refractivity contribution in [3.8, 4) is 17.4 Å². The first kappa shape index (κ1) is 27.1. The molecule has 0 saturated carbocycles. The molecule has 0 aliphatic rings. The number of nitro groups is 1. The summed E-state index contributed by atoms with van der Waals surface area (Å²) in [5, 5.41) is 13.5. The van der Waals surface area contributed by atoms with Gasteiger partial charge < -0.3 is 9.47 Å². The number of pyridine rings is 1. The Morgan fingerprint density at radius 2 is 1.81 bits per heavy atom. The van der Waals surface area contributed by atoms with Crippen LogP contribution in [0.3, 0.4) is 0 Å². The number of benzene rings is 1. The zero-order valence-corrected chi connectivity index (χ0v) is 20.9. The van der Waals surface area contributed by atoms with E-state index in [1.165, 1.54) is 31.2 Å². The number of aromatic nitrogens is 2. The number of anilines is 1. The number of ether oxygens (including phenoxy) is 2. The Balaban J connectivity index is 1.63. The van der Waals surface area contributed by atoms with Crippen molar-refractivity contribution in [2.45, 2.75) is 45.4 Å². The summed E-state index contributed by atoms with van der Waals surface area (Å²) >= 11 is 6.60. The van der Waals surface area contributed by atoms with E-state index < -0.39 is 34.1 Å². The molecule has 14 heteroatoms. The summed E-state index contributed by atoms with van der Waals surface area (Å²) in [5.41, 5.74) is -1.33. The maximum Gasteiger partial charge on any atom is 0.417 e. The Morgan fingerprint density at radius 3 is 2.31 bits per heavy atom. The highest BCUT2D eigenvalue weighted by Crippen LogP contribution is 2.38. The Hall–Kier alpha value is -3.45. The molecule has 9 nitrogen and oxygen atoms in total. The molecular weight excluding hydrogens is 525 g/mol. The van der Waals surface area contributed by atoms with Gasteiger partial charge in [0.1, 0.15) is 22.2 Å². The minimum Gasteiger partial charge on any atom is -0.481 e. The lowest BCUT2D eigenvalue weighted by Gasteiger charge is -2.15. The zero-order valence-electron chi connectivity index (χ0n) is 19.3. The van der Waals surface area contributed by atoms with Gasteiger partial charge in [-0.25, -0.2) is 9.97 Å². The van der Waals surface area contributed by atoms with Crippen LogP contribution in [0.15, 0.2) is 36.5 Å². The lowest BCUT2D eigenvalue weighted by molar-refractivity contribution is -0.381. The van der Waals surface area contributed by atoms with E-state index in [1.54, 1.807) is 20.8 Å². The molecule has 0 saturated heterocycles. The first-order valence-electron chi connectivity index (χ1n) is 10.3. The summed E-state index contributed by atoms with van der Waals surface area (Å²) in [6.07, 6.45) is -4.95. The first-order chi connectivity index (χ1) is 16.6. The molecule has 0 unspecified atom stereocenters. The quantitative estimate of drug-likeness (QED) is 0.262. The molecule has 2 heterocycles. The molecule has 1 aromatic carbocycles. The second-order valence-corrected chi connectivity index (χ2v) is 9.90. The van der Waals surface area contributed by atoms with Gasteiger partial charge in [-0.3, -0.25) is 20.2 Å². The molecule has 2 aromatic heterocycles. The summed E-state index contributed by atoms with van der Waals surface area (Å²) in [5.74, 6) is -0.270. The van der Waals surface area contributed by atoms with Crippen molar-refractivity contribution in [1.29, 1.82) is 0 Å². The van der Waals surface area contributed by atoms with Crippen molar-refractivity contribution in [3.63, 3.8) is 0 Å². The number of hydrogen-bond donors (Lipinski definition) is 1. The van der Waals surface area contributed by atoms with Crippen LogP contribution in [0.25, 0.3) is 0 Å². The van der Waals surface area contributed by atoms with Crippen molar-refractivity contribution in [1.82, 2.24) is 9.97 Å². The number of nitrogens with zero attached hydrogens (tertiary/aromatic N) is 3. The van der Waals surface area contributed by atoms with E-state index in [0.29, 0.717) is 12.3 Å². The fourth-order valence-electron chi connectivity index (χ4n) is 2.80. The number of halogens is 4. The van der Waals surface area contributed by atoms with Gasteiger partial charge in [-0.05, 0) is 48.6 Å². The van der Waals surface area contributed by atoms with Gasteiger partial charge >= 0.3 is 11.2 Å². The zero-order chi connectivity index (χ0) is 26.8. The molecule has 0 bridgehead atoms. The van der Waals surface area contributed by atoms with E-state index in [9.17, 15) is 28.1 Å². The van der Waals surface area contributed by atoms with Crippen LogP contribution < -0.4 is 14.8 Å². The average Bonchev–Trinajstić information content (AvgIpc) is 3.20. The van der Waals surface area contributed by atoms with Gasteiger partial charge in [0.2, 0.25) is 5.88 Å². The third-order valence-corrected chi connectivity index (χ3v) is 5.76. The summed E-state index contributed by atoms with van der Waals surface area (Å²) in [6, 6.07) is 6.57. The number of carbonyl (C=O) groups excluding carboxylic acids is 1. The van der Waals surface area contributed by atoms with Crippen LogP contribution >= 0.6 is 22.9 Å². The van der Waals surface area contributed by atoms with Crippen molar-refractivity contribution >= 4 is 39.0 Å². The number of amides is 1. The van der Waals surface area contributed by atoms with E-state index in [-0.39, 0.29) is 38.2 Å². The van der Waals surface area contributed by atoms with Crippen LogP contribution in [-0.2, 0) is 16.4 Å². The average molecular weight is 545 g/mol. The smallest absolute Gasteiger partial charge is 0.417 e. The van der Waals surface area contributed by atoms with Gasteiger partial charge in [0, 0.05) is 11.6 Å². The molecule has 0 radical (unpaired) electrons. The molecule has 1 N–H and O–H groups in total. The molecule has 192 valence electrons. The molecule has 1 atom stereocenters. The van der Waals surface area contributed by atoms with Crippen molar-refractivity contribution < 1.29 is 32.4 Å². The van der Waals surface area contributed by atoms with Crippen molar-refractivity contribution in [2.24, 2.45) is 0 Å². The second-order valence-electron chi connectivity index (χ2n) is 8.51. The van der Waals surface area contributed by atoms with Crippen LogP contribution in [0.2, 0.25) is 5.02 Å². The number of hydrogen-bond acceptors (Lipinski definition) is 8. The number of nitrogens with one attached hydrogen (secondary N) is 1. The number of carbonyl (C=O) groups is 1. The van der Waals surface area contributed by atoms with E-state index in [4.69, 9.17) is 21.1 Å². The monoisotopic (exact) mass is 544 g/mol. The Labute approximate surface area is 212 Å². The summed E-state index contributed by atoms with van der Waals surface area (Å²) < 4.78 is 49.2. The fraction of sp³-hybridized carbons (Fsp3) is 0.318. The maximum absolute atomic E-state index is 12.7. The van der Waals surface area contributed by atoms with Crippen LogP contribution in [0.4, 0.5) is 23.3 Å². The van der Waals surface area contributed by atoms with Gasteiger partial charge in [-0.1, -0.05) is 32.4 Å². The third kappa shape index (κ3) is 6.61. The van der Waals surface area contributed by atoms with Crippen LogP contribution in [0.1, 0.15) is 39.0 Å². The van der Waals surface area contributed by atoms with E-state index >= 15 is 0 Å². The van der Waals surface area contributed by atoms with Crippen LogP contribution in [0, 0.1) is 10.1 Å². The fourth-order valence-corrected chi connectivity index (χ4v) is 4.00. The minimum absolute atomic E-state index is 0.0803. The molecule has 36 heavy (non-hydrogen) atoms. The normalized spacial score (nSPS) is 12.7. The number of rotatable bonds is 7. The van der Waals surface area contributed by atoms with E-state index in [0.717, 1.165) is 11.3 Å². The van der Waals surface area contributed by atoms with Crippen LogP contribution in [-0.4, -0.2) is 26.9 Å². The lowest BCUT2D eigenvalue weighted by Crippen LogP contribution is -2.30. The second kappa shape index (κ2) is 10.3. The van der Waals surface area contributed by atoms with E-state index in [1.807, 2.05) is 0 Å². The number of thiazole rings is 1. The summed E-state index contributed by atoms with van der Waals surface area (Å²) in [7, 11) is 0. The largest absolute Gasteiger partial charge is 0.481 e. The molecular formula is C22H20ClF3N4O5S. The van der Waals surface area contributed by atoms with Gasteiger partial charge in [0.25, 0.3) is 5.91 Å². The maximum atomic E-state index is 12.7. The highest BCUT2D eigenvalue weighted by molar-refractivity contribution is 7.19. The van der Waals surface area contributed by atoms with Gasteiger partial charge in [-0.2, -0.15) is 13.2 Å². The molecule has 0 spiro atoms. The predicted molar refractivity (Wildman–Crippen MR) is 127 cm³/mol. The van der Waals surface area contributed by atoms with E-state index in [2.05, 4.69) is 15.3 Å². The topological polar surface area (TPSA) is 116 Å². The Morgan fingerprint density at radius 1 is 1.19 bits per heavy atom. The third-order valence-electron chi connectivity index (χ3n) is 4.57. The SMILES string of the molecule is C[C@@H](Oc1ccc(Oc2ncc(C(F)(F)F)cc2Cl)cc1)C(=O)Nc1nc(C(C)(C)C)c([N+](=O)[O-])s1. The van der Waals surface area contributed by atoms with Crippen molar-refractivity contribution in [2.75, 3.05) is 5.32 Å². The predicted octanol–water partition coefficient (Wildman–Crippen LogP) is 6.61. The summed E-state index contributed by atoms with van der Waals surface area (Å²) in [4.78, 5) is 31.1. The van der Waals surface area contributed by atoms with Gasteiger partial charge in [0.15, 0.2) is 11.2 Å². The first-order valence-corrected chi connectivity index (χ1v) is 11.5. The molecule has 3 aromatic rings. The molecule has 1 amide bonds. The Kier molecular flexibility index (Phi) is 7.74. The Bertz CT molecular complexity index is 1280. The van der Waals surface area contributed by atoms with Gasteiger partial charge in [-0.15, -0.1) is 0 Å². The minimum atomic E-state index is -4.58. The lowest BCUT2D eigenvalue weighted by atomic mass is 9.93. The van der Waals surface area contributed by atoms with Gasteiger partial charge in [0.05, 0.1) is 10.5 Å². The molecule has 0 aliphatic heterocycles. The standard InChI is InChI=1S/C22H20ClF3N4O5S/c1-11(17(31)29-20-28-16(21(2,3)4)19(36-20)30(32)33)34-13-5-7-14(8-6-13)35-18-15(23)9-12(10-27-18)22(24,25)26/h5-11H,1-4H3,(H,28,29,31)/t11-/m1/s1. The summed E-state index contributed by atoms with van der Waals surface area (Å²) in [6.45, 7) is 6.82. The number of alkyl halides is 3. The molecule has 3 rings (SSSR count). The van der Waals surface area contributed by atoms with Crippen LogP contribution in [0.5, 0.6) is 17.4 Å². The highest BCUT2D eigenvalue weighted by Gasteiger charge is 2.32. The van der Waals surface area contributed by atoms with Crippen molar-refractivity contribution in [3.05, 3.63) is 62.9 Å².